The first-order chi connectivity index (χ1) is 13.1. The van der Waals surface area contributed by atoms with Crippen LogP contribution in [0.4, 0.5) is 0 Å². The van der Waals surface area contributed by atoms with Crippen molar-refractivity contribution in [1.29, 1.82) is 0 Å². The topological polar surface area (TPSA) is 41.9 Å². The fraction of sp³-hybridized carbons (Fsp3) is 0.478. The van der Waals surface area contributed by atoms with Gasteiger partial charge in [-0.3, -0.25) is 4.90 Å². The van der Waals surface area contributed by atoms with Crippen molar-refractivity contribution in [2.45, 2.75) is 56.3 Å². The fourth-order valence-electron chi connectivity index (χ4n) is 4.97. The molecule has 0 spiro atoms. The summed E-state index contributed by atoms with van der Waals surface area (Å²) in [5.41, 5.74) is 1.34. The minimum atomic E-state index is -0.872. The lowest BCUT2D eigenvalue weighted by molar-refractivity contribution is -0.101. The predicted octanol–water partition coefficient (Wildman–Crippen LogP) is 4.11. The fourth-order valence-corrected chi connectivity index (χ4v) is 4.97. The second kappa shape index (κ2) is 7.53. The van der Waals surface area contributed by atoms with E-state index >= 15 is 0 Å². The van der Waals surface area contributed by atoms with Crippen LogP contribution in [-0.4, -0.2) is 36.3 Å². The third-order valence-electron chi connectivity index (χ3n) is 6.28. The monoisotopic (exact) mass is 367 g/mol. The molecule has 2 aliphatic heterocycles. The molecule has 2 unspecified atom stereocenters. The maximum Gasteiger partial charge on any atom is 0.125 e. The van der Waals surface area contributed by atoms with E-state index in [4.69, 9.17) is 9.47 Å². The van der Waals surface area contributed by atoms with Gasteiger partial charge < -0.3 is 14.6 Å². The molecule has 2 atom stereocenters. The minimum absolute atomic E-state index is 0.388. The Morgan fingerprint density at radius 3 is 2.33 bits per heavy atom. The zero-order valence-corrected chi connectivity index (χ0v) is 16.2. The molecule has 0 radical (unpaired) electrons. The van der Waals surface area contributed by atoms with E-state index in [0.29, 0.717) is 12.1 Å². The minimum Gasteiger partial charge on any atom is -0.497 e. The summed E-state index contributed by atoms with van der Waals surface area (Å²) in [6.07, 6.45) is 4.99. The molecule has 2 heterocycles. The number of aliphatic hydroxyl groups is 1. The number of hydrogen-bond donors (Lipinski definition) is 1. The van der Waals surface area contributed by atoms with E-state index in [9.17, 15) is 5.11 Å². The van der Waals surface area contributed by atoms with Gasteiger partial charge >= 0.3 is 0 Å². The molecule has 2 fully saturated rings. The van der Waals surface area contributed by atoms with Gasteiger partial charge in [0.15, 0.2) is 0 Å². The van der Waals surface area contributed by atoms with E-state index in [1.807, 2.05) is 18.2 Å². The maximum absolute atomic E-state index is 11.7. The van der Waals surface area contributed by atoms with E-state index in [0.717, 1.165) is 49.3 Å². The number of fused-ring (bicyclic) bond motifs is 2. The van der Waals surface area contributed by atoms with Crippen LogP contribution in [0.1, 0.15) is 43.2 Å². The third kappa shape index (κ3) is 3.56. The number of methoxy groups -OCH3 is 2. The first kappa shape index (κ1) is 18.3. The molecule has 2 aromatic carbocycles. The van der Waals surface area contributed by atoms with Gasteiger partial charge in [-0.2, -0.15) is 0 Å². The summed E-state index contributed by atoms with van der Waals surface area (Å²) in [5.74, 6) is 1.50. The SMILES string of the molecule is COc1ccc(OC)c(C2(O)CC3CCCC(C2)N3Cc2ccccc2)c1. The van der Waals surface area contributed by atoms with Gasteiger partial charge in [0.05, 0.1) is 19.8 Å². The Balaban J connectivity index is 1.63. The van der Waals surface area contributed by atoms with Gasteiger partial charge in [0, 0.05) is 24.2 Å². The average Bonchev–Trinajstić information content (AvgIpc) is 2.69. The number of piperidine rings is 2. The van der Waals surface area contributed by atoms with Crippen molar-refractivity contribution in [2.24, 2.45) is 0 Å². The second-order valence-corrected chi connectivity index (χ2v) is 7.90. The van der Waals surface area contributed by atoms with Gasteiger partial charge in [0.1, 0.15) is 11.5 Å². The van der Waals surface area contributed by atoms with Crippen LogP contribution in [0.15, 0.2) is 48.5 Å². The molecule has 4 nitrogen and oxygen atoms in total. The lowest BCUT2D eigenvalue weighted by atomic mass is 9.72. The maximum atomic E-state index is 11.7. The third-order valence-corrected chi connectivity index (χ3v) is 6.28. The number of rotatable bonds is 5. The number of hydrogen-bond acceptors (Lipinski definition) is 4. The molecular weight excluding hydrogens is 338 g/mol. The van der Waals surface area contributed by atoms with Crippen LogP contribution >= 0.6 is 0 Å². The van der Waals surface area contributed by atoms with Crippen LogP contribution in [0.3, 0.4) is 0 Å². The predicted molar refractivity (Wildman–Crippen MR) is 106 cm³/mol. The lowest BCUT2D eigenvalue weighted by Crippen LogP contribution is -2.56. The number of nitrogens with zero attached hydrogens (tertiary/aromatic N) is 1. The Morgan fingerprint density at radius 2 is 1.70 bits per heavy atom. The summed E-state index contributed by atoms with van der Waals surface area (Å²) in [7, 11) is 3.33. The highest BCUT2D eigenvalue weighted by Gasteiger charge is 2.47. The van der Waals surface area contributed by atoms with E-state index in [1.54, 1.807) is 14.2 Å². The van der Waals surface area contributed by atoms with Crippen molar-refractivity contribution in [1.82, 2.24) is 4.90 Å². The van der Waals surface area contributed by atoms with Gasteiger partial charge in [-0.15, -0.1) is 0 Å². The Bertz CT molecular complexity index is 762. The highest BCUT2D eigenvalue weighted by atomic mass is 16.5. The van der Waals surface area contributed by atoms with Crippen molar-refractivity contribution in [2.75, 3.05) is 14.2 Å². The lowest BCUT2D eigenvalue weighted by Gasteiger charge is -2.52. The number of ether oxygens (including phenoxy) is 2. The van der Waals surface area contributed by atoms with Gasteiger partial charge in [-0.1, -0.05) is 36.8 Å². The Kier molecular flexibility index (Phi) is 5.11. The number of benzene rings is 2. The van der Waals surface area contributed by atoms with Crippen molar-refractivity contribution >= 4 is 0 Å². The van der Waals surface area contributed by atoms with Crippen molar-refractivity contribution < 1.29 is 14.6 Å². The molecule has 2 aromatic rings. The van der Waals surface area contributed by atoms with E-state index in [2.05, 4.69) is 35.2 Å². The van der Waals surface area contributed by atoms with Crippen LogP contribution in [-0.2, 0) is 12.1 Å². The summed E-state index contributed by atoms with van der Waals surface area (Å²) < 4.78 is 11.0. The van der Waals surface area contributed by atoms with Gasteiger partial charge in [-0.25, -0.2) is 0 Å². The first-order valence-corrected chi connectivity index (χ1v) is 9.87. The average molecular weight is 367 g/mol. The Morgan fingerprint density at radius 1 is 1.00 bits per heavy atom. The molecule has 2 aliphatic rings. The molecule has 2 bridgehead atoms. The standard InChI is InChI=1S/C23H29NO3/c1-26-20-11-12-22(27-2)21(13-20)23(25)14-18-9-6-10-19(15-23)24(18)16-17-7-4-3-5-8-17/h3-5,7-8,11-13,18-19,25H,6,9-10,14-16H2,1-2H3. The van der Waals surface area contributed by atoms with Crippen molar-refractivity contribution in [3.8, 4) is 11.5 Å². The summed E-state index contributed by atoms with van der Waals surface area (Å²) in [6, 6.07) is 17.2. The zero-order chi connectivity index (χ0) is 18.9. The van der Waals surface area contributed by atoms with Gasteiger partial charge in [0.25, 0.3) is 0 Å². The smallest absolute Gasteiger partial charge is 0.125 e. The molecule has 144 valence electrons. The molecule has 0 amide bonds. The highest BCUT2D eigenvalue weighted by molar-refractivity contribution is 5.44. The van der Waals surface area contributed by atoms with E-state index < -0.39 is 5.60 Å². The van der Waals surface area contributed by atoms with E-state index in [1.165, 1.54) is 12.0 Å². The van der Waals surface area contributed by atoms with Crippen LogP contribution in [0, 0.1) is 0 Å². The zero-order valence-electron chi connectivity index (χ0n) is 16.2. The van der Waals surface area contributed by atoms with Crippen molar-refractivity contribution in [3.63, 3.8) is 0 Å². The van der Waals surface area contributed by atoms with Crippen LogP contribution in [0.5, 0.6) is 11.5 Å². The van der Waals surface area contributed by atoms with Crippen LogP contribution < -0.4 is 9.47 Å². The molecule has 1 N–H and O–H groups in total. The molecule has 4 rings (SSSR count). The highest BCUT2D eigenvalue weighted by Crippen LogP contribution is 2.47. The second-order valence-electron chi connectivity index (χ2n) is 7.90. The van der Waals surface area contributed by atoms with Crippen molar-refractivity contribution in [3.05, 3.63) is 59.7 Å². The summed E-state index contributed by atoms with van der Waals surface area (Å²) in [5, 5.41) is 11.7. The van der Waals surface area contributed by atoms with Gasteiger partial charge in [-0.05, 0) is 49.4 Å². The Hall–Kier alpha value is -2.04. The molecule has 4 heteroatoms. The molecule has 27 heavy (non-hydrogen) atoms. The normalized spacial score (nSPS) is 28.0. The first-order valence-electron chi connectivity index (χ1n) is 9.87. The summed E-state index contributed by atoms with van der Waals surface area (Å²) >= 11 is 0. The molecule has 0 aromatic heterocycles. The van der Waals surface area contributed by atoms with Crippen LogP contribution in [0.25, 0.3) is 0 Å². The van der Waals surface area contributed by atoms with Gasteiger partial charge in [0.2, 0.25) is 0 Å². The largest absolute Gasteiger partial charge is 0.497 e. The quantitative estimate of drug-likeness (QED) is 0.864. The molecule has 0 aliphatic carbocycles. The Labute approximate surface area is 161 Å². The summed E-state index contributed by atoms with van der Waals surface area (Å²) in [4.78, 5) is 2.61. The molecule has 0 saturated carbocycles. The van der Waals surface area contributed by atoms with Crippen LogP contribution in [0.2, 0.25) is 0 Å². The molecular formula is C23H29NO3. The molecule has 2 saturated heterocycles. The van der Waals surface area contributed by atoms with E-state index in [-0.39, 0.29) is 0 Å². The summed E-state index contributed by atoms with van der Waals surface area (Å²) in [6.45, 7) is 0.960.